The SMILES string of the molecule is CSc1nc2c3c(nc(Cl)c(F)c3n1)O[C@H]1COCC[C@@H]1N2. The molecule has 9 heteroatoms. The zero-order chi connectivity index (χ0) is 15.3. The number of rotatable bonds is 1. The van der Waals surface area contributed by atoms with E-state index in [1.165, 1.54) is 11.8 Å². The van der Waals surface area contributed by atoms with E-state index in [-0.39, 0.29) is 28.7 Å². The molecule has 4 heterocycles. The molecule has 2 aromatic heterocycles. The molecule has 1 saturated heterocycles. The summed E-state index contributed by atoms with van der Waals surface area (Å²) in [5.41, 5.74) is 0.122. The molecule has 0 aliphatic carbocycles. The molecule has 0 radical (unpaired) electrons. The van der Waals surface area contributed by atoms with Crippen LogP contribution in [-0.2, 0) is 4.74 Å². The third-order valence-corrected chi connectivity index (χ3v) is 4.56. The minimum atomic E-state index is -0.661. The number of ether oxygens (including phenoxy) is 2. The van der Waals surface area contributed by atoms with E-state index in [2.05, 4.69) is 20.3 Å². The monoisotopic (exact) mass is 342 g/mol. The quantitative estimate of drug-likeness (QED) is 0.485. The Bertz CT molecular complexity index is 763. The van der Waals surface area contributed by atoms with Gasteiger partial charge in [-0.2, -0.15) is 4.98 Å². The highest BCUT2D eigenvalue weighted by molar-refractivity contribution is 7.98. The normalized spacial score (nSPS) is 23.4. The summed E-state index contributed by atoms with van der Waals surface area (Å²) in [6, 6.07) is 0.0255. The lowest BCUT2D eigenvalue weighted by atomic mass is 10.1. The second kappa shape index (κ2) is 5.36. The molecule has 1 N–H and O–H groups in total. The van der Waals surface area contributed by atoms with Gasteiger partial charge in [0, 0.05) is 6.61 Å². The third-order valence-electron chi connectivity index (χ3n) is 3.76. The first-order valence-electron chi connectivity index (χ1n) is 6.79. The van der Waals surface area contributed by atoms with Crippen molar-refractivity contribution in [2.24, 2.45) is 0 Å². The minimum absolute atomic E-state index is 0.0255. The van der Waals surface area contributed by atoms with Gasteiger partial charge in [-0.15, -0.1) is 0 Å². The highest BCUT2D eigenvalue weighted by Gasteiger charge is 2.34. The summed E-state index contributed by atoms with van der Waals surface area (Å²) >= 11 is 7.22. The van der Waals surface area contributed by atoms with Crippen LogP contribution in [0.2, 0.25) is 5.15 Å². The van der Waals surface area contributed by atoms with Crippen molar-refractivity contribution in [1.82, 2.24) is 15.0 Å². The Morgan fingerprint density at radius 2 is 2.23 bits per heavy atom. The zero-order valence-corrected chi connectivity index (χ0v) is 13.2. The molecule has 0 amide bonds. The van der Waals surface area contributed by atoms with E-state index in [0.717, 1.165) is 6.42 Å². The molecule has 6 nitrogen and oxygen atoms in total. The average molecular weight is 343 g/mol. The van der Waals surface area contributed by atoms with Crippen LogP contribution in [0.15, 0.2) is 5.16 Å². The second-order valence-corrected chi connectivity index (χ2v) is 6.21. The molecule has 2 aliphatic heterocycles. The van der Waals surface area contributed by atoms with Crippen molar-refractivity contribution in [3.8, 4) is 5.88 Å². The molecule has 2 atom stereocenters. The van der Waals surface area contributed by atoms with Gasteiger partial charge in [0.15, 0.2) is 16.1 Å². The van der Waals surface area contributed by atoms with Crippen molar-refractivity contribution in [3.63, 3.8) is 0 Å². The van der Waals surface area contributed by atoms with Gasteiger partial charge in [-0.1, -0.05) is 23.4 Å². The minimum Gasteiger partial charge on any atom is -0.469 e. The fourth-order valence-electron chi connectivity index (χ4n) is 2.69. The maximum absolute atomic E-state index is 14.3. The Morgan fingerprint density at radius 3 is 3.05 bits per heavy atom. The van der Waals surface area contributed by atoms with Crippen LogP contribution in [0.4, 0.5) is 10.2 Å². The lowest BCUT2D eigenvalue weighted by Crippen LogP contribution is -2.44. The summed E-state index contributed by atoms with van der Waals surface area (Å²) in [5, 5.41) is 3.96. The van der Waals surface area contributed by atoms with E-state index in [1.807, 2.05) is 6.26 Å². The van der Waals surface area contributed by atoms with Crippen molar-refractivity contribution in [3.05, 3.63) is 11.0 Å². The number of hydrogen-bond acceptors (Lipinski definition) is 7. The Kier molecular flexibility index (Phi) is 3.47. The summed E-state index contributed by atoms with van der Waals surface area (Å²) in [6.07, 6.45) is 2.38. The van der Waals surface area contributed by atoms with Crippen LogP contribution in [0.5, 0.6) is 5.88 Å². The molecule has 22 heavy (non-hydrogen) atoms. The number of nitrogens with zero attached hydrogens (tertiary/aromatic N) is 3. The van der Waals surface area contributed by atoms with Gasteiger partial charge >= 0.3 is 0 Å². The summed E-state index contributed by atoms with van der Waals surface area (Å²) in [6.45, 7) is 1.08. The Balaban J connectivity index is 1.98. The molecular formula is C13H12ClFN4O2S. The van der Waals surface area contributed by atoms with Gasteiger partial charge in [0.25, 0.3) is 0 Å². The molecule has 1 fully saturated rings. The predicted octanol–water partition coefficient (Wildman–Crippen LogP) is 2.50. The summed E-state index contributed by atoms with van der Waals surface area (Å²) in [5.74, 6) is 0.113. The van der Waals surface area contributed by atoms with Gasteiger partial charge in [0.1, 0.15) is 22.8 Å². The number of aromatic nitrogens is 3. The van der Waals surface area contributed by atoms with Gasteiger partial charge in [0.05, 0.1) is 12.6 Å². The number of nitrogens with one attached hydrogen (secondary N) is 1. The van der Waals surface area contributed by atoms with Crippen molar-refractivity contribution >= 4 is 40.1 Å². The number of anilines is 1. The molecular weight excluding hydrogens is 331 g/mol. The first-order chi connectivity index (χ1) is 10.7. The molecule has 0 bridgehead atoms. The first kappa shape index (κ1) is 14.2. The van der Waals surface area contributed by atoms with E-state index >= 15 is 0 Å². The molecule has 0 spiro atoms. The topological polar surface area (TPSA) is 69.2 Å². The van der Waals surface area contributed by atoms with Crippen LogP contribution in [-0.4, -0.2) is 46.6 Å². The van der Waals surface area contributed by atoms with Crippen LogP contribution in [0.1, 0.15) is 6.42 Å². The van der Waals surface area contributed by atoms with Gasteiger partial charge < -0.3 is 14.8 Å². The molecule has 2 aliphatic rings. The summed E-state index contributed by atoms with van der Waals surface area (Å²) < 4.78 is 25.7. The second-order valence-electron chi connectivity index (χ2n) is 5.07. The predicted molar refractivity (Wildman–Crippen MR) is 81.3 cm³/mol. The van der Waals surface area contributed by atoms with Crippen LogP contribution in [0.25, 0.3) is 10.9 Å². The van der Waals surface area contributed by atoms with Gasteiger partial charge in [0.2, 0.25) is 5.88 Å². The van der Waals surface area contributed by atoms with Crippen LogP contribution < -0.4 is 10.1 Å². The maximum Gasteiger partial charge on any atom is 0.228 e. The lowest BCUT2D eigenvalue weighted by Gasteiger charge is -2.30. The highest BCUT2D eigenvalue weighted by atomic mass is 35.5. The Hall–Kier alpha value is -1.38. The fourth-order valence-corrected chi connectivity index (χ4v) is 3.22. The largest absolute Gasteiger partial charge is 0.469 e. The number of pyridine rings is 1. The van der Waals surface area contributed by atoms with Crippen molar-refractivity contribution < 1.29 is 13.9 Å². The van der Waals surface area contributed by atoms with E-state index in [4.69, 9.17) is 21.1 Å². The van der Waals surface area contributed by atoms with Gasteiger partial charge in [-0.05, 0) is 12.7 Å². The van der Waals surface area contributed by atoms with Gasteiger partial charge in [-0.25, -0.2) is 14.4 Å². The lowest BCUT2D eigenvalue weighted by molar-refractivity contribution is -0.000767. The molecule has 0 unspecified atom stereocenters. The van der Waals surface area contributed by atoms with Crippen LogP contribution in [0.3, 0.4) is 0 Å². The molecule has 4 rings (SSSR count). The van der Waals surface area contributed by atoms with Crippen LogP contribution in [0, 0.1) is 5.82 Å². The summed E-state index contributed by atoms with van der Waals surface area (Å²) in [7, 11) is 0. The van der Waals surface area contributed by atoms with Crippen molar-refractivity contribution in [2.75, 3.05) is 24.8 Å². The number of halogens is 2. The average Bonchev–Trinajstić information content (AvgIpc) is 2.68. The first-order valence-corrected chi connectivity index (χ1v) is 8.39. The molecule has 0 saturated carbocycles. The number of thioether (sulfide) groups is 1. The van der Waals surface area contributed by atoms with E-state index in [0.29, 0.717) is 29.6 Å². The van der Waals surface area contributed by atoms with E-state index in [1.54, 1.807) is 0 Å². The fraction of sp³-hybridized carbons (Fsp3) is 0.462. The van der Waals surface area contributed by atoms with Crippen molar-refractivity contribution in [1.29, 1.82) is 0 Å². The maximum atomic E-state index is 14.3. The molecule has 116 valence electrons. The highest BCUT2D eigenvalue weighted by Crippen LogP contribution is 2.38. The summed E-state index contributed by atoms with van der Waals surface area (Å²) in [4.78, 5) is 12.7. The third kappa shape index (κ3) is 2.17. The Labute approximate surface area is 134 Å². The van der Waals surface area contributed by atoms with E-state index in [9.17, 15) is 4.39 Å². The number of fused-ring (bicyclic) bond motifs is 1. The Morgan fingerprint density at radius 1 is 1.36 bits per heavy atom. The zero-order valence-electron chi connectivity index (χ0n) is 11.6. The molecule has 2 aromatic rings. The standard InChI is InChI=1S/C13H12ClFN4O2S/c1-22-13-17-9-7-11(19-13)16-5-2-3-20-4-6(5)21-12(7)18-10(14)8(9)15/h5-6H,2-4H2,1H3,(H,16,17,19)/t5-,6-/m0/s1. The van der Waals surface area contributed by atoms with Gasteiger partial charge in [-0.3, -0.25) is 0 Å². The van der Waals surface area contributed by atoms with Crippen molar-refractivity contribution in [2.45, 2.75) is 23.7 Å². The number of hydrogen-bond donors (Lipinski definition) is 1. The molecule has 0 aromatic carbocycles. The van der Waals surface area contributed by atoms with E-state index < -0.39 is 5.82 Å². The smallest absolute Gasteiger partial charge is 0.228 e. The van der Waals surface area contributed by atoms with Crippen LogP contribution >= 0.6 is 23.4 Å².